The third-order valence-corrected chi connectivity index (χ3v) is 1.46. The minimum Gasteiger partial charge on any atom is -0.493 e. The Hall–Kier alpha value is -1.10. The third-order valence-electron chi connectivity index (χ3n) is 1.22. The number of aromatic hydroxyl groups is 1. The summed E-state index contributed by atoms with van der Waals surface area (Å²) in [6.07, 6.45) is 0. The lowest BCUT2D eigenvalue weighted by Gasteiger charge is -1.89. The van der Waals surface area contributed by atoms with Crippen LogP contribution in [0.25, 0.3) is 0 Å². The second-order valence-electron chi connectivity index (χ2n) is 1.84. The van der Waals surface area contributed by atoms with E-state index in [0.717, 1.165) is 4.57 Å². The number of nitrogens with one attached hydrogen (secondary N) is 1. The molecule has 1 aromatic rings. The van der Waals surface area contributed by atoms with E-state index in [0.29, 0.717) is 0 Å². The highest BCUT2D eigenvalue weighted by molar-refractivity contribution is 7.79. The van der Waals surface area contributed by atoms with Crippen LogP contribution in [0.4, 0.5) is 0 Å². The van der Waals surface area contributed by atoms with Gasteiger partial charge in [-0.3, -0.25) is 4.57 Å². The maximum atomic E-state index is 10.7. The van der Waals surface area contributed by atoms with Gasteiger partial charge >= 0.3 is 5.69 Å². The lowest BCUT2D eigenvalue weighted by atomic mass is 10.5. The highest BCUT2D eigenvalue weighted by atomic mass is 32.1. The normalized spacial score (nSPS) is 9.70. The van der Waals surface area contributed by atoms with Gasteiger partial charge in [-0.15, -0.1) is 0 Å². The molecule has 54 valence electrons. The van der Waals surface area contributed by atoms with Gasteiger partial charge in [-0.1, -0.05) is 12.2 Å². The summed E-state index contributed by atoms with van der Waals surface area (Å²) < 4.78 is 1.08. The Bertz CT molecular complexity index is 312. The van der Waals surface area contributed by atoms with Crippen molar-refractivity contribution in [3.05, 3.63) is 16.2 Å². The van der Waals surface area contributed by atoms with Crippen LogP contribution < -0.4 is 5.69 Å². The fraction of sp³-hybridized carbons (Fsp3) is 0.200. The lowest BCUT2D eigenvalue weighted by molar-refractivity contribution is 0.429. The number of thiocarbonyl (C=S) groups is 1. The third kappa shape index (κ3) is 0.841. The molecule has 0 spiro atoms. The number of hydrogen-bond donors (Lipinski definition) is 2. The van der Waals surface area contributed by atoms with Gasteiger partial charge in [-0.25, -0.2) is 4.79 Å². The minimum absolute atomic E-state index is 0.125. The number of aromatic nitrogens is 2. The van der Waals surface area contributed by atoms with E-state index < -0.39 is 0 Å². The molecule has 10 heavy (non-hydrogen) atoms. The van der Waals surface area contributed by atoms with Gasteiger partial charge in [0.05, 0.1) is 0 Å². The summed E-state index contributed by atoms with van der Waals surface area (Å²) in [6, 6.07) is 0. The van der Waals surface area contributed by atoms with Crippen molar-refractivity contribution in [1.29, 1.82) is 0 Å². The van der Waals surface area contributed by atoms with Gasteiger partial charge in [0.1, 0.15) is 5.69 Å². The Balaban J connectivity index is 3.45. The molecule has 0 amide bonds. The molecule has 1 heterocycles. The first-order valence-corrected chi connectivity index (χ1v) is 3.07. The zero-order valence-electron chi connectivity index (χ0n) is 5.29. The Morgan fingerprint density at radius 3 is 2.60 bits per heavy atom. The van der Waals surface area contributed by atoms with E-state index in [4.69, 9.17) is 5.11 Å². The molecule has 4 nitrogen and oxygen atoms in total. The first kappa shape index (κ1) is 7.01. The Morgan fingerprint density at radius 2 is 2.40 bits per heavy atom. The molecule has 5 heteroatoms. The average Bonchev–Trinajstić information content (AvgIpc) is 2.17. The quantitative estimate of drug-likeness (QED) is 0.555. The Labute approximate surface area is 62.1 Å². The van der Waals surface area contributed by atoms with Crippen LogP contribution in [0.1, 0.15) is 5.69 Å². The predicted molar refractivity (Wildman–Crippen MR) is 40.5 cm³/mol. The summed E-state index contributed by atoms with van der Waals surface area (Å²) in [4.78, 5) is 13.1. The highest BCUT2D eigenvalue weighted by Gasteiger charge is 2.05. The van der Waals surface area contributed by atoms with Crippen LogP contribution in [0.3, 0.4) is 0 Å². The van der Waals surface area contributed by atoms with Crippen LogP contribution >= 0.6 is 12.2 Å². The van der Waals surface area contributed by atoms with Crippen molar-refractivity contribution in [2.75, 3.05) is 0 Å². The van der Waals surface area contributed by atoms with Crippen molar-refractivity contribution >= 4 is 17.6 Å². The summed E-state index contributed by atoms with van der Waals surface area (Å²) in [5.41, 5.74) is -0.0869. The largest absolute Gasteiger partial charge is 0.493 e. The van der Waals surface area contributed by atoms with Gasteiger partial charge in [0.15, 0.2) is 0 Å². The molecule has 0 aliphatic heterocycles. The van der Waals surface area contributed by atoms with Crippen LogP contribution in [0.5, 0.6) is 5.88 Å². The second-order valence-corrected chi connectivity index (χ2v) is 2.08. The fourth-order valence-electron chi connectivity index (χ4n) is 0.614. The number of H-pyrrole nitrogens is 1. The van der Waals surface area contributed by atoms with Crippen LogP contribution in [-0.2, 0) is 7.05 Å². The van der Waals surface area contributed by atoms with E-state index in [9.17, 15) is 4.79 Å². The maximum absolute atomic E-state index is 10.7. The number of rotatable bonds is 1. The number of hydrogen-bond acceptors (Lipinski definition) is 3. The molecular weight excluding hydrogens is 152 g/mol. The molecule has 0 fully saturated rings. The standard InChI is InChI=1S/C5H6N2O2S/c1-7-4(8)3(2-10)6-5(7)9/h2,8H,1H3,(H,6,9). The number of nitrogens with zero attached hydrogens (tertiary/aromatic N) is 1. The van der Waals surface area contributed by atoms with E-state index in [1.165, 1.54) is 12.4 Å². The maximum Gasteiger partial charge on any atom is 0.328 e. The van der Waals surface area contributed by atoms with E-state index >= 15 is 0 Å². The molecule has 0 aliphatic rings. The summed E-state index contributed by atoms with van der Waals surface area (Å²) >= 11 is 4.51. The number of aromatic amines is 1. The monoisotopic (exact) mass is 158 g/mol. The molecule has 0 unspecified atom stereocenters. The van der Waals surface area contributed by atoms with Crippen molar-refractivity contribution in [2.24, 2.45) is 7.05 Å². The first-order valence-electron chi connectivity index (χ1n) is 2.60. The predicted octanol–water partition coefficient (Wildman–Crippen LogP) is -0.233. The van der Waals surface area contributed by atoms with Gasteiger partial charge < -0.3 is 10.1 Å². The van der Waals surface area contributed by atoms with Gasteiger partial charge in [0.25, 0.3) is 0 Å². The fourth-order valence-corrected chi connectivity index (χ4v) is 0.778. The topological polar surface area (TPSA) is 58.0 Å². The molecule has 0 aromatic carbocycles. The van der Waals surface area contributed by atoms with Crippen LogP contribution in [0.15, 0.2) is 4.79 Å². The second kappa shape index (κ2) is 2.26. The zero-order chi connectivity index (χ0) is 7.72. The zero-order valence-corrected chi connectivity index (χ0v) is 6.10. The molecule has 1 rings (SSSR count). The smallest absolute Gasteiger partial charge is 0.328 e. The summed E-state index contributed by atoms with van der Waals surface area (Å²) in [7, 11) is 1.45. The molecular formula is C5H6N2O2S. The van der Waals surface area contributed by atoms with Crippen LogP contribution in [0.2, 0.25) is 0 Å². The van der Waals surface area contributed by atoms with E-state index in [1.54, 1.807) is 0 Å². The van der Waals surface area contributed by atoms with Crippen LogP contribution in [0, 0.1) is 0 Å². The lowest BCUT2D eigenvalue weighted by Crippen LogP contribution is -2.11. The summed E-state index contributed by atoms with van der Waals surface area (Å²) in [5, 5.41) is 10.3. The summed E-state index contributed by atoms with van der Waals surface area (Å²) in [5.74, 6) is -0.125. The molecule has 0 saturated carbocycles. The molecule has 0 atom stereocenters. The van der Waals surface area contributed by atoms with Gasteiger partial charge in [-0.2, -0.15) is 0 Å². The van der Waals surface area contributed by atoms with Gasteiger partial charge in [0, 0.05) is 12.4 Å². The Kier molecular flexibility index (Phi) is 1.58. The van der Waals surface area contributed by atoms with E-state index in [2.05, 4.69) is 17.2 Å². The first-order chi connectivity index (χ1) is 4.66. The van der Waals surface area contributed by atoms with Crippen molar-refractivity contribution in [3.8, 4) is 5.88 Å². The average molecular weight is 158 g/mol. The molecule has 0 saturated heterocycles. The summed E-state index contributed by atoms with van der Waals surface area (Å²) in [6.45, 7) is 0. The minimum atomic E-state index is -0.367. The molecule has 0 aliphatic carbocycles. The Morgan fingerprint density at radius 1 is 1.80 bits per heavy atom. The highest BCUT2D eigenvalue weighted by Crippen LogP contribution is 2.06. The van der Waals surface area contributed by atoms with Crippen molar-refractivity contribution in [3.63, 3.8) is 0 Å². The molecule has 0 radical (unpaired) electrons. The molecule has 1 aromatic heterocycles. The SMILES string of the molecule is Cn1c(O)c(C=S)[nH]c1=O. The number of imidazole rings is 1. The van der Waals surface area contributed by atoms with Crippen molar-refractivity contribution < 1.29 is 5.11 Å². The van der Waals surface area contributed by atoms with Gasteiger partial charge in [-0.05, 0) is 0 Å². The van der Waals surface area contributed by atoms with Gasteiger partial charge in [0.2, 0.25) is 5.88 Å². The van der Waals surface area contributed by atoms with Crippen molar-refractivity contribution in [1.82, 2.24) is 9.55 Å². The van der Waals surface area contributed by atoms with Crippen LogP contribution in [-0.4, -0.2) is 20.0 Å². The molecule has 0 bridgehead atoms. The molecule has 2 N–H and O–H groups in total. The van der Waals surface area contributed by atoms with E-state index in [1.807, 2.05) is 0 Å². The van der Waals surface area contributed by atoms with Crippen molar-refractivity contribution in [2.45, 2.75) is 0 Å². The van der Waals surface area contributed by atoms with E-state index in [-0.39, 0.29) is 17.3 Å².